The highest BCUT2D eigenvalue weighted by Gasteiger charge is 2.12. The molecular weight excluding hydrogens is 264 g/mol. The van der Waals surface area contributed by atoms with Crippen LogP contribution in [0.5, 0.6) is 0 Å². The van der Waals surface area contributed by atoms with Crippen molar-refractivity contribution in [3.8, 4) is 11.8 Å². The summed E-state index contributed by atoms with van der Waals surface area (Å²) in [6, 6.07) is 7.91. The zero-order chi connectivity index (χ0) is 15.7. The van der Waals surface area contributed by atoms with Crippen LogP contribution in [0.25, 0.3) is 0 Å². The Kier molecular flexibility index (Phi) is 7.52. The van der Waals surface area contributed by atoms with Crippen molar-refractivity contribution in [3.63, 3.8) is 0 Å². The summed E-state index contributed by atoms with van der Waals surface area (Å²) in [4.78, 5) is 15.6. The molecule has 0 unspecified atom stereocenters. The second-order valence-electron chi connectivity index (χ2n) is 5.16. The second kappa shape index (κ2) is 9.17. The molecule has 0 saturated carbocycles. The van der Waals surface area contributed by atoms with Gasteiger partial charge in [-0.05, 0) is 30.7 Å². The molecular formula is C17H24N2O2. The molecule has 0 radical (unpaired) electrons. The Morgan fingerprint density at radius 3 is 2.71 bits per heavy atom. The van der Waals surface area contributed by atoms with Crippen molar-refractivity contribution in [1.82, 2.24) is 9.80 Å². The first-order chi connectivity index (χ1) is 10.1. The summed E-state index contributed by atoms with van der Waals surface area (Å²) >= 11 is 0. The van der Waals surface area contributed by atoms with Gasteiger partial charge in [-0.3, -0.25) is 9.69 Å². The van der Waals surface area contributed by atoms with Crippen molar-refractivity contribution in [2.45, 2.75) is 19.9 Å². The fourth-order valence-corrected chi connectivity index (χ4v) is 2.01. The van der Waals surface area contributed by atoms with E-state index in [1.165, 1.54) is 0 Å². The predicted molar refractivity (Wildman–Crippen MR) is 84.7 cm³/mol. The first-order valence-electron chi connectivity index (χ1n) is 7.18. The molecule has 1 aromatic rings. The highest BCUT2D eigenvalue weighted by Crippen LogP contribution is 2.08. The van der Waals surface area contributed by atoms with Crippen LogP contribution in [0.2, 0.25) is 0 Å². The summed E-state index contributed by atoms with van der Waals surface area (Å²) in [7, 11) is 3.55. The van der Waals surface area contributed by atoms with Crippen molar-refractivity contribution >= 4 is 5.91 Å². The zero-order valence-electron chi connectivity index (χ0n) is 13.1. The number of amides is 1. The second-order valence-corrected chi connectivity index (χ2v) is 5.16. The van der Waals surface area contributed by atoms with Gasteiger partial charge in [0.15, 0.2) is 0 Å². The van der Waals surface area contributed by atoms with Crippen molar-refractivity contribution in [1.29, 1.82) is 0 Å². The van der Waals surface area contributed by atoms with Crippen molar-refractivity contribution in [3.05, 3.63) is 35.4 Å². The van der Waals surface area contributed by atoms with Gasteiger partial charge in [0.25, 0.3) is 0 Å². The molecule has 4 heteroatoms. The number of hydrogen-bond donors (Lipinski definition) is 1. The largest absolute Gasteiger partial charge is 0.384 e. The molecule has 114 valence electrons. The molecule has 0 saturated heterocycles. The lowest BCUT2D eigenvalue weighted by atomic mass is 10.1. The number of benzene rings is 1. The monoisotopic (exact) mass is 288 g/mol. The van der Waals surface area contributed by atoms with Crippen LogP contribution in [-0.4, -0.2) is 54.6 Å². The molecule has 4 nitrogen and oxygen atoms in total. The summed E-state index contributed by atoms with van der Waals surface area (Å²) in [5, 5.41) is 8.74. The SMILES string of the molecule is CCCN(CC(=O)N(C)C)Cc1cccc(C#CCO)c1. The molecule has 21 heavy (non-hydrogen) atoms. The first kappa shape index (κ1) is 17.2. The van der Waals surface area contributed by atoms with Crippen molar-refractivity contribution in [2.75, 3.05) is 33.8 Å². The highest BCUT2D eigenvalue weighted by molar-refractivity contribution is 5.77. The van der Waals surface area contributed by atoms with Crippen LogP contribution in [0.3, 0.4) is 0 Å². The minimum absolute atomic E-state index is 0.111. The fraction of sp³-hybridized carbons (Fsp3) is 0.471. The number of likely N-dealkylation sites (N-methyl/N-ethyl adjacent to an activating group) is 1. The van der Waals surface area contributed by atoms with Gasteiger partial charge in [0.2, 0.25) is 5.91 Å². The maximum absolute atomic E-state index is 11.9. The van der Waals surface area contributed by atoms with Gasteiger partial charge in [-0.25, -0.2) is 0 Å². The van der Waals surface area contributed by atoms with E-state index in [0.717, 1.165) is 30.6 Å². The summed E-state index contributed by atoms with van der Waals surface area (Å²) in [5.41, 5.74) is 2.01. The Balaban J connectivity index is 2.76. The lowest BCUT2D eigenvalue weighted by Gasteiger charge is -2.23. The molecule has 0 bridgehead atoms. The van der Waals surface area contributed by atoms with Gasteiger partial charge < -0.3 is 10.0 Å². The average molecular weight is 288 g/mol. The number of hydrogen-bond acceptors (Lipinski definition) is 3. The van der Waals surface area contributed by atoms with Crippen LogP contribution < -0.4 is 0 Å². The summed E-state index contributed by atoms with van der Waals surface area (Å²) in [6.45, 7) is 4.00. The smallest absolute Gasteiger partial charge is 0.236 e. The third-order valence-electron chi connectivity index (χ3n) is 3.04. The molecule has 1 aromatic carbocycles. The van der Waals surface area contributed by atoms with E-state index >= 15 is 0 Å². The van der Waals surface area contributed by atoms with Gasteiger partial charge in [-0.2, -0.15) is 0 Å². The van der Waals surface area contributed by atoms with E-state index in [-0.39, 0.29) is 12.5 Å². The number of aliphatic hydroxyl groups excluding tert-OH is 1. The maximum Gasteiger partial charge on any atom is 0.236 e. The van der Waals surface area contributed by atoms with Crippen LogP contribution in [0.15, 0.2) is 24.3 Å². The molecule has 0 spiro atoms. The molecule has 0 aliphatic heterocycles. The number of carbonyl (C=O) groups excluding carboxylic acids is 1. The zero-order valence-corrected chi connectivity index (χ0v) is 13.1. The minimum Gasteiger partial charge on any atom is -0.384 e. The highest BCUT2D eigenvalue weighted by atomic mass is 16.2. The molecule has 1 rings (SSSR count). The Bertz CT molecular complexity index is 515. The molecule has 0 heterocycles. The molecule has 0 fully saturated rings. The van der Waals surface area contributed by atoms with E-state index in [4.69, 9.17) is 5.11 Å². The molecule has 0 aromatic heterocycles. The topological polar surface area (TPSA) is 43.8 Å². The lowest BCUT2D eigenvalue weighted by Crippen LogP contribution is -2.36. The van der Waals surface area contributed by atoms with E-state index in [2.05, 4.69) is 23.7 Å². The standard InChI is InChI=1S/C17H24N2O2/c1-4-10-19(14-17(21)18(2)3)13-16-8-5-7-15(12-16)9-6-11-20/h5,7-8,12,20H,4,10-11,13-14H2,1-3H3. The van der Waals surface area contributed by atoms with E-state index in [0.29, 0.717) is 6.54 Å². The Morgan fingerprint density at radius 1 is 1.33 bits per heavy atom. The quantitative estimate of drug-likeness (QED) is 0.803. The van der Waals surface area contributed by atoms with Gasteiger partial charge in [-0.15, -0.1) is 0 Å². The fourth-order valence-electron chi connectivity index (χ4n) is 2.01. The van der Waals surface area contributed by atoms with Crippen LogP contribution in [0.4, 0.5) is 0 Å². The maximum atomic E-state index is 11.9. The Labute approximate surface area is 127 Å². The first-order valence-corrected chi connectivity index (χ1v) is 7.18. The summed E-state index contributed by atoms with van der Waals surface area (Å²) in [5.74, 6) is 5.66. The van der Waals surface area contributed by atoms with Gasteiger partial charge in [0, 0.05) is 26.2 Å². The number of aliphatic hydroxyl groups is 1. The normalized spacial score (nSPS) is 10.1. The van der Waals surface area contributed by atoms with E-state index < -0.39 is 0 Å². The molecule has 0 aliphatic rings. The summed E-state index contributed by atoms with van der Waals surface area (Å²) < 4.78 is 0. The predicted octanol–water partition coefficient (Wildman–Crippen LogP) is 1.33. The molecule has 1 N–H and O–H groups in total. The van der Waals surface area contributed by atoms with Gasteiger partial charge in [0.1, 0.15) is 6.61 Å². The number of carbonyl (C=O) groups is 1. The van der Waals surface area contributed by atoms with Crippen LogP contribution in [0, 0.1) is 11.8 Å². The number of rotatable bonds is 6. The molecule has 0 aliphatic carbocycles. The van der Waals surface area contributed by atoms with E-state index in [9.17, 15) is 4.79 Å². The van der Waals surface area contributed by atoms with Crippen LogP contribution in [-0.2, 0) is 11.3 Å². The molecule has 0 atom stereocenters. The average Bonchev–Trinajstić information content (AvgIpc) is 2.45. The number of nitrogens with zero attached hydrogens (tertiary/aromatic N) is 2. The van der Waals surface area contributed by atoms with E-state index in [1.54, 1.807) is 19.0 Å². The van der Waals surface area contributed by atoms with Crippen LogP contribution >= 0.6 is 0 Å². The van der Waals surface area contributed by atoms with Gasteiger partial charge in [0.05, 0.1) is 6.54 Å². The van der Waals surface area contributed by atoms with Crippen molar-refractivity contribution < 1.29 is 9.90 Å². The summed E-state index contributed by atoms with van der Waals surface area (Å²) in [6.07, 6.45) is 1.00. The minimum atomic E-state index is -0.135. The Hall–Kier alpha value is -1.83. The molecule has 1 amide bonds. The van der Waals surface area contributed by atoms with Crippen molar-refractivity contribution in [2.24, 2.45) is 0 Å². The van der Waals surface area contributed by atoms with Crippen LogP contribution in [0.1, 0.15) is 24.5 Å². The third-order valence-corrected chi connectivity index (χ3v) is 3.04. The third kappa shape index (κ3) is 6.44. The van der Waals surface area contributed by atoms with Gasteiger partial charge in [-0.1, -0.05) is 30.9 Å². The lowest BCUT2D eigenvalue weighted by molar-refractivity contribution is -0.130. The van der Waals surface area contributed by atoms with Gasteiger partial charge >= 0.3 is 0 Å². The van der Waals surface area contributed by atoms with E-state index in [1.807, 2.05) is 24.3 Å². The Morgan fingerprint density at radius 2 is 2.10 bits per heavy atom.